The van der Waals surface area contributed by atoms with Crippen molar-refractivity contribution in [1.82, 2.24) is 19.9 Å². The summed E-state index contributed by atoms with van der Waals surface area (Å²) in [5, 5.41) is 6.38. The van der Waals surface area contributed by atoms with Crippen molar-refractivity contribution in [3.63, 3.8) is 0 Å². The van der Waals surface area contributed by atoms with E-state index >= 15 is 0 Å². The molecule has 0 spiro atoms. The number of rotatable bonds is 4. The van der Waals surface area contributed by atoms with E-state index in [0.717, 1.165) is 12.1 Å². The molecule has 0 atom stereocenters. The quantitative estimate of drug-likeness (QED) is 0.509. The van der Waals surface area contributed by atoms with Crippen molar-refractivity contribution in [2.24, 2.45) is 0 Å². The van der Waals surface area contributed by atoms with Crippen molar-refractivity contribution in [1.29, 1.82) is 0 Å². The molecule has 0 aliphatic rings. The Kier molecular flexibility index (Phi) is 4.33. The van der Waals surface area contributed by atoms with E-state index in [2.05, 4.69) is 28.0 Å². The smallest absolute Gasteiger partial charge is 0.257 e. The minimum Gasteiger partial charge on any atom is -0.457 e. The second kappa shape index (κ2) is 6.67. The number of carbonyl (C=O) groups excluding carboxylic acids is 2. The second-order valence-corrected chi connectivity index (χ2v) is 6.39. The normalized spacial score (nSPS) is 11.2. The minimum absolute atomic E-state index is 0.0420. The number of nitrogens with zero attached hydrogens (tertiary/aromatic N) is 3. The maximum Gasteiger partial charge on any atom is 0.257 e. The van der Waals surface area contributed by atoms with Crippen molar-refractivity contribution < 1.29 is 18.4 Å². The summed E-state index contributed by atoms with van der Waals surface area (Å²) in [4.78, 5) is 28.1. The molecule has 3 aromatic heterocycles. The summed E-state index contributed by atoms with van der Waals surface area (Å²) in [6.07, 6.45) is 4.61. The minimum atomic E-state index is -0.655. The van der Waals surface area contributed by atoms with E-state index in [1.54, 1.807) is 18.5 Å². The molecule has 0 fully saturated rings. The second-order valence-electron chi connectivity index (χ2n) is 5.60. The molecule has 0 saturated carbocycles. The van der Waals surface area contributed by atoms with Crippen LogP contribution in [-0.2, 0) is 6.54 Å². The summed E-state index contributed by atoms with van der Waals surface area (Å²) in [6, 6.07) is 3.86. The average Bonchev–Trinajstić information content (AvgIpc) is 3.21. The van der Waals surface area contributed by atoms with Gasteiger partial charge in [-0.25, -0.2) is 13.9 Å². The van der Waals surface area contributed by atoms with E-state index < -0.39 is 16.8 Å². The number of hydrogen-bond donors (Lipinski definition) is 2. The van der Waals surface area contributed by atoms with Crippen LogP contribution in [0.1, 0.15) is 26.5 Å². The molecule has 0 saturated heterocycles. The van der Waals surface area contributed by atoms with E-state index in [0.29, 0.717) is 5.65 Å². The topological polar surface area (TPSA) is 89.5 Å². The molecule has 0 radical (unpaired) electrons. The number of aromatic nitrogens is 3. The Morgan fingerprint density at radius 2 is 2.15 bits per heavy atom. The first-order valence-corrected chi connectivity index (χ1v) is 8.48. The SMILES string of the molecule is O=C(S)c1cc(F)cc2c(Cl)c(CNC(=O)c3cnn4cccnc34)oc12. The molecule has 4 aromatic rings. The first kappa shape index (κ1) is 17.5. The highest BCUT2D eigenvalue weighted by atomic mass is 35.5. The molecule has 0 bridgehead atoms. The highest BCUT2D eigenvalue weighted by Crippen LogP contribution is 2.34. The standard InChI is InChI=1S/C17H10ClFN4O3S/c18-13-9-4-8(19)5-10(17(25)27)14(9)26-12(13)7-21-16(24)11-6-22-23-3-1-2-20-15(11)23/h1-6H,7H2,(H,21,24)(H,25,27). The molecule has 7 nitrogen and oxygen atoms in total. The van der Waals surface area contributed by atoms with Gasteiger partial charge in [-0.15, -0.1) is 12.6 Å². The molecule has 0 aliphatic heterocycles. The van der Waals surface area contributed by atoms with Crippen LogP contribution < -0.4 is 5.32 Å². The molecule has 0 unspecified atom stereocenters. The van der Waals surface area contributed by atoms with E-state index in [9.17, 15) is 14.0 Å². The number of hydrogen-bond acceptors (Lipinski definition) is 5. The number of carbonyl (C=O) groups is 2. The fourth-order valence-electron chi connectivity index (χ4n) is 2.70. The van der Waals surface area contributed by atoms with E-state index in [1.165, 1.54) is 10.7 Å². The summed E-state index contributed by atoms with van der Waals surface area (Å²) in [5.41, 5.74) is 0.749. The van der Waals surface area contributed by atoms with E-state index in [1.807, 2.05) is 0 Å². The highest BCUT2D eigenvalue weighted by Gasteiger charge is 2.20. The van der Waals surface area contributed by atoms with Gasteiger partial charge in [0.05, 0.1) is 23.3 Å². The number of fused-ring (bicyclic) bond motifs is 2. The molecule has 0 aliphatic carbocycles. The van der Waals surface area contributed by atoms with Crippen LogP contribution in [0, 0.1) is 5.82 Å². The van der Waals surface area contributed by atoms with Crippen molar-refractivity contribution >= 4 is 51.9 Å². The Balaban J connectivity index is 1.64. The van der Waals surface area contributed by atoms with Gasteiger partial charge in [-0.05, 0) is 18.2 Å². The molecular formula is C17H10ClFN4O3S. The molecule has 1 aromatic carbocycles. The zero-order chi connectivity index (χ0) is 19.1. The molecule has 27 heavy (non-hydrogen) atoms. The van der Waals surface area contributed by atoms with Crippen LogP contribution in [-0.4, -0.2) is 25.6 Å². The van der Waals surface area contributed by atoms with E-state index in [4.69, 9.17) is 16.0 Å². The van der Waals surface area contributed by atoms with Gasteiger partial charge >= 0.3 is 0 Å². The number of nitrogens with one attached hydrogen (secondary N) is 1. The number of furan rings is 1. The van der Waals surface area contributed by atoms with Crippen LogP contribution >= 0.6 is 24.2 Å². The Hall–Kier alpha value is -2.91. The van der Waals surface area contributed by atoms with E-state index in [-0.39, 0.29) is 39.4 Å². The lowest BCUT2D eigenvalue weighted by Gasteiger charge is -2.02. The van der Waals surface area contributed by atoms with Gasteiger partial charge in [-0.3, -0.25) is 9.59 Å². The molecule has 136 valence electrons. The monoisotopic (exact) mass is 404 g/mol. The zero-order valence-corrected chi connectivity index (χ0v) is 15.1. The maximum absolute atomic E-state index is 13.7. The van der Waals surface area contributed by atoms with Gasteiger partial charge < -0.3 is 9.73 Å². The number of benzene rings is 1. The molecule has 1 N–H and O–H groups in total. The molecule has 3 heterocycles. The van der Waals surface area contributed by atoms with Crippen LogP contribution in [0.5, 0.6) is 0 Å². The van der Waals surface area contributed by atoms with Crippen molar-refractivity contribution in [2.45, 2.75) is 6.54 Å². The Bertz CT molecular complexity index is 1220. The van der Waals surface area contributed by atoms with Gasteiger partial charge in [0.15, 0.2) is 5.65 Å². The van der Waals surface area contributed by atoms with Gasteiger partial charge in [0.2, 0.25) is 5.12 Å². The first-order valence-electron chi connectivity index (χ1n) is 7.66. The lowest BCUT2D eigenvalue weighted by atomic mass is 10.1. The summed E-state index contributed by atoms with van der Waals surface area (Å²) in [6.45, 7) is -0.0711. The molecular weight excluding hydrogens is 395 g/mol. The third-order valence-electron chi connectivity index (χ3n) is 3.92. The van der Waals surface area contributed by atoms with Crippen LogP contribution in [0.15, 0.2) is 41.2 Å². The van der Waals surface area contributed by atoms with Crippen molar-refractivity contribution in [2.75, 3.05) is 0 Å². The van der Waals surface area contributed by atoms with Gasteiger partial charge in [0, 0.05) is 17.8 Å². The summed E-state index contributed by atoms with van der Waals surface area (Å²) in [7, 11) is 0. The summed E-state index contributed by atoms with van der Waals surface area (Å²) >= 11 is 9.95. The Morgan fingerprint density at radius 1 is 1.33 bits per heavy atom. The van der Waals surface area contributed by atoms with Crippen molar-refractivity contribution in [3.8, 4) is 0 Å². The summed E-state index contributed by atoms with van der Waals surface area (Å²) in [5.74, 6) is -0.890. The fourth-order valence-corrected chi connectivity index (χ4v) is 3.11. The lowest BCUT2D eigenvalue weighted by Crippen LogP contribution is -2.22. The van der Waals surface area contributed by atoms with Crippen LogP contribution in [0.25, 0.3) is 16.6 Å². The molecule has 10 heteroatoms. The third-order valence-corrected chi connectivity index (χ3v) is 4.58. The molecule has 1 amide bonds. The Labute approximate surface area is 161 Å². The van der Waals surface area contributed by atoms with Gasteiger partial charge in [0.25, 0.3) is 5.91 Å². The third kappa shape index (κ3) is 3.04. The first-order chi connectivity index (χ1) is 13.0. The predicted octanol–water partition coefficient (Wildman–Crippen LogP) is 3.27. The lowest BCUT2D eigenvalue weighted by molar-refractivity contribution is 0.0949. The average molecular weight is 405 g/mol. The van der Waals surface area contributed by atoms with Crippen LogP contribution in [0.4, 0.5) is 4.39 Å². The fraction of sp³-hybridized carbons (Fsp3) is 0.0588. The number of thiol groups is 1. The molecule has 4 rings (SSSR count). The zero-order valence-electron chi connectivity index (χ0n) is 13.4. The van der Waals surface area contributed by atoms with Crippen LogP contribution in [0.2, 0.25) is 5.02 Å². The Morgan fingerprint density at radius 3 is 2.93 bits per heavy atom. The van der Waals surface area contributed by atoms with Gasteiger partial charge in [0.1, 0.15) is 22.7 Å². The predicted molar refractivity (Wildman–Crippen MR) is 98.7 cm³/mol. The highest BCUT2D eigenvalue weighted by molar-refractivity contribution is 7.97. The maximum atomic E-state index is 13.7. The van der Waals surface area contributed by atoms with Gasteiger partial charge in [-0.1, -0.05) is 11.6 Å². The van der Waals surface area contributed by atoms with Gasteiger partial charge in [-0.2, -0.15) is 5.10 Å². The largest absolute Gasteiger partial charge is 0.457 e. The van der Waals surface area contributed by atoms with Crippen molar-refractivity contribution in [3.05, 3.63) is 64.5 Å². The number of amides is 1. The summed E-state index contributed by atoms with van der Waals surface area (Å²) < 4.78 is 20.8. The van der Waals surface area contributed by atoms with Crippen LogP contribution in [0.3, 0.4) is 0 Å². The number of halogens is 2.